The number of ketones is 1. The summed E-state index contributed by atoms with van der Waals surface area (Å²) in [6, 6.07) is 6.01. The highest BCUT2D eigenvalue weighted by Gasteiger charge is 2.25. The number of hydrogen-bond donors (Lipinski definition) is 0. The first kappa shape index (κ1) is 15.2. The van der Waals surface area contributed by atoms with Crippen molar-refractivity contribution in [1.82, 2.24) is 0 Å². The van der Waals surface area contributed by atoms with Gasteiger partial charge in [0, 0.05) is 5.56 Å². The van der Waals surface area contributed by atoms with Crippen LogP contribution >= 0.6 is 0 Å². The molecular formula is C18H26O2. The first-order chi connectivity index (χ1) is 9.47. The third-order valence-corrected chi connectivity index (χ3v) is 4.69. The molecule has 1 aliphatic rings. The van der Waals surface area contributed by atoms with Gasteiger partial charge in [-0.15, -0.1) is 0 Å². The lowest BCUT2D eigenvalue weighted by Gasteiger charge is -2.31. The van der Waals surface area contributed by atoms with Crippen LogP contribution in [0.5, 0.6) is 0 Å². The van der Waals surface area contributed by atoms with Gasteiger partial charge in [-0.05, 0) is 56.6 Å². The van der Waals surface area contributed by atoms with Gasteiger partial charge < -0.3 is 4.74 Å². The van der Waals surface area contributed by atoms with E-state index in [0.29, 0.717) is 5.92 Å². The molecule has 0 bridgehead atoms. The van der Waals surface area contributed by atoms with E-state index >= 15 is 0 Å². The van der Waals surface area contributed by atoms with Crippen molar-refractivity contribution in [3.05, 3.63) is 34.9 Å². The predicted octanol–water partition coefficient (Wildman–Crippen LogP) is 4.33. The fraction of sp³-hybridized carbons (Fsp3) is 0.611. The molecule has 0 radical (unpaired) electrons. The molecule has 3 atom stereocenters. The number of ether oxygens (including phenoxy) is 1. The molecule has 0 heterocycles. The Hall–Kier alpha value is -1.15. The molecule has 1 aromatic rings. The largest absolute Gasteiger partial charge is 0.370 e. The SMILES string of the molecule is Cc1ccc(C)c(C(=O)COC2CCC(C)C(C)C2)c1. The van der Waals surface area contributed by atoms with Crippen molar-refractivity contribution in [2.75, 3.05) is 6.61 Å². The van der Waals surface area contributed by atoms with Crippen molar-refractivity contribution in [1.29, 1.82) is 0 Å². The minimum atomic E-state index is 0.109. The van der Waals surface area contributed by atoms with Crippen LogP contribution in [0.25, 0.3) is 0 Å². The number of carbonyl (C=O) groups is 1. The maximum atomic E-state index is 12.3. The van der Waals surface area contributed by atoms with E-state index < -0.39 is 0 Å². The summed E-state index contributed by atoms with van der Waals surface area (Å²) in [5.41, 5.74) is 2.97. The van der Waals surface area contributed by atoms with Gasteiger partial charge in [0.15, 0.2) is 5.78 Å². The van der Waals surface area contributed by atoms with E-state index in [2.05, 4.69) is 13.8 Å². The third kappa shape index (κ3) is 3.69. The Labute approximate surface area is 122 Å². The first-order valence-corrected chi connectivity index (χ1v) is 7.69. The van der Waals surface area contributed by atoms with E-state index in [4.69, 9.17) is 4.74 Å². The van der Waals surface area contributed by atoms with E-state index in [9.17, 15) is 4.79 Å². The molecule has 110 valence electrons. The lowest BCUT2D eigenvalue weighted by molar-refractivity contribution is 0.00705. The molecule has 2 rings (SSSR count). The molecule has 1 fully saturated rings. The second kappa shape index (κ2) is 6.53. The van der Waals surface area contributed by atoms with Crippen molar-refractivity contribution in [3.63, 3.8) is 0 Å². The van der Waals surface area contributed by atoms with Gasteiger partial charge in [0.25, 0.3) is 0 Å². The van der Waals surface area contributed by atoms with E-state index in [1.807, 2.05) is 32.0 Å². The Morgan fingerprint density at radius 1 is 1.20 bits per heavy atom. The van der Waals surface area contributed by atoms with Crippen LogP contribution in [0.4, 0.5) is 0 Å². The molecule has 0 saturated heterocycles. The molecule has 0 amide bonds. The zero-order valence-electron chi connectivity index (χ0n) is 13.1. The number of aryl methyl sites for hydroxylation is 2. The zero-order valence-corrected chi connectivity index (χ0v) is 13.1. The van der Waals surface area contributed by atoms with Gasteiger partial charge in [0.05, 0.1) is 6.10 Å². The highest BCUT2D eigenvalue weighted by atomic mass is 16.5. The second-order valence-electron chi connectivity index (χ2n) is 6.44. The van der Waals surface area contributed by atoms with Crippen molar-refractivity contribution < 1.29 is 9.53 Å². The van der Waals surface area contributed by atoms with Gasteiger partial charge in [0.2, 0.25) is 0 Å². The van der Waals surface area contributed by atoms with Gasteiger partial charge in [-0.25, -0.2) is 0 Å². The summed E-state index contributed by atoms with van der Waals surface area (Å²) in [6.45, 7) is 8.81. The summed E-state index contributed by atoms with van der Waals surface area (Å²) < 4.78 is 5.86. The average molecular weight is 274 g/mol. The van der Waals surface area contributed by atoms with Crippen LogP contribution < -0.4 is 0 Å². The molecule has 1 saturated carbocycles. The quantitative estimate of drug-likeness (QED) is 0.764. The number of Topliss-reactive ketones (excluding diaryl/α,β-unsaturated/α-hetero) is 1. The lowest BCUT2D eigenvalue weighted by atomic mass is 9.80. The smallest absolute Gasteiger partial charge is 0.188 e. The molecule has 0 N–H and O–H groups in total. The Morgan fingerprint density at radius 2 is 1.95 bits per heavy atom. The minimum absolute atomic E-state index is 0.109. The normalized spacial score (nSPS) is 26.5. The topological polar surface area (TPSA) is 26.3 Å². The fourth-order valence-corrected chi connectivity index (χ4v) is 2.96. The fourth-order valence-electron chi connectivity index (χ4n) is 2.96. The van der Waals surface area contributed by atoms with Crippen molar-refractivity contribution in [3.8, 4) is 0 Å². The Bertz CT molecular complexity index is 478. The van der Waals surface area contributed by atoms with E-state index in [1.165, 1.54) is 6.42 Å². The van der Waals surface area contributed by atoms with Gasteiger partial charge in [0.1, 0.15) is 6.61 Å². The molecule has 0 aromatic heterocycles. The Morgan fingerprint density at radius 3 is 2.65 bits per heavy atom. The molecule has 3 unspecified atom stereocenters. The summed E-state index contributed by atoms with van der Waals surface area (Å²) in [5.74, 6) is 1.59. The summed E-state index contributed by atoms with van der Waals surface area (Å²) in [5, 5.41) is 0. The van der Waals surface area contributed by atoms with Gasteiger partial charge in [-0.2, -0.15) is 0 Å². The monoisotopic (exact) mass is 274 g/mol. The van der Waals surface area contributed by atoms with Crippen molar-refractivity contribution >= 4 is 5.78 Å². The van der Waals surface area contributed by atoms with E-state index in [1.54, 1.807) is 0 Å². The second-order valence-corrected chi connectivity index (χ2v) is 6.44. The number of hydrogen-bond acceptors (Lipinski definition) is 2. The summed E-state index contributed by atoms with van der Waals surface area (Å²) >= 11 is 0. The van der Waals surface area contributed by atoms with Crippen molar-refractivity contribution in [2.24, 2.45) is 11.8 Å². The van der Waals surface area contributed by atoms with Crippen LogP contribution in [0, 0.1) is 25.7 Å². The minimum Gasteiger partial charge on any atom is -0.370 e. The maximum absolute atomic E-state index is 12.3. The molecular weight excluding hydrogens is 248 g/mol. The Balaban J connectivity index is 1.91. The van der Waals surface area contributed by atoms with Gasteiger partial charge >= 0.3 is 0 Å². The summed E-state index contributed by atoms with van der Waals surface area (Å²) in [4.78, 5) is 12.3. The zero-order chi connectivity index (χ0) is 14.7. The molecule has 1 aliphatic carbocycles. The standard InChI is InChI=1S/C18H26O2/c1-12-5-6-14(3)17(9-12)18(19)11-20-16-8-7-13(2)15(4)10-16/h5-6,9,13,15-16H,7-8,10-11H2,1-4H3. The number of benzene rings is 1. The maximum Gasteiger partial charge on any atom is 0.188 e. The average Bonchev–Trinajstić information content (AvgIpc) is 2.42. The predicted molar refractivity (Wildman–Crippen MR) is 82.2 cm³/mol. The molecule has 20 heavy (non-hydrogen) atoms. The first-order valence-electron chi connectivity index (χ1n) is 7.69. The third-order valence-electron chi connectivity index (χ3n) is 4.69. The van der Waals surface area contributed by atoms with E-state index in [-0.39, 0.29) is 18.5 Å². The van der Waals surface area contributed by atoms with Crippen LogP contribution in [-0.4, -0.2) is 18.5 Å². The lowest BCUT2D eigenvalue weighted by Crippen LogP contribution is -2.28. The highest BCUT2D eigenvalue weighted by Crippen LogP contribution is 2.31. The molecule has 1 aromatic carbocycles. The van der Waals surface area contributed by atoms with Gasteiger partial charge in [-0.3, -0.25) is 4.79 Å². The summed E-state index contributed by atoms with van der Waals surface area (Å²) in [7, 11) is 0. The summed E-state index contributed by atoms with van der Waals surface area (Å²) in [6.07, 6.45) is 3.64. The van der Waals surface area contributed by atoms with Crippen LogP contribution in [0.1, 0.15) is 54.6 Å². The number of rotatable bonds is 4. The van der Waals surface area contributed by atoms with Crippen LogP contribution in [0.15, 0.2) is 18.2 Å². The van der Waals surface area contributed by atoms with Crippen LogP contribution in [0.2, 0.25) is 0 Å². The van der Waals surface area contributed by atoms with Crippen molar-refractivity contribution in [2.45, 2.75) is 53.1 Å². The van der Waals surface area contributed by atoms with Crippen LogP contribution in [0.3, 0.4) is 0 Å². The number of carbonyl (C=O) groups excluding carboxylic acids is 1. The van der Waals surface area contributed by atoms with E-state index in [0.717, 1.165) is 35.4 Å². The van der Waals surface area contributed by atoms with Gasteiger partial charge in [-0.1, -0.05) is 31.5 Å². The highest BCUT2D eigenvalue weighted by molar-refractivity contribution is 5.98. The van der Waals surface area contributed by atoms with Crippen LogP contribution in [-0.2, 0) is 4.74 Å². The molecule has 2 heteroatoms. The molecule has 2 nitrogen and oxygen atoms in total. The molecule has 0 aliphatic heterocycles. The Kier molecular flexibility index (Phi) is 4.98. The molecule has 0 spiro atoms.